The largest absolute Gasteiger partial charge is 0.383 e. The second-order valence-corrected chi connectivity index (χ2v) is 4.34. The highest BCUT2D eigenvalue weighted by atomic mass is 127. The molecule has 0 atom stereocenters. The molecule has 2 heterocycles. The van der Waals surface area contributed by atoms with Gasteiger partial charge in [0.15, 0.2) is 5.82 Å². The molecule has 0 aliphatic rings. The van der Waals surface area contributed by atoms with Crippen molar-refractivity contribution < 1.29 is 0 Å². The molecular formula is C7H5IN4S. The summed E-state index contributed by atoms with van der Waals surface area (Å²) in [5.74, 6) is 1.15. The standard InChI is InChI=1S/C7H5IN4S/c8-4-1-11-7(12-6(4)9)5-2-10-3-13-5/h1-3H,(H2,9,11,12). The molecule has 0 aliphatic heterocycles. The molecule has 13 heavy (non-hydrogen) atoms. The van der Waals surface area contributed by atoms with E-state index in [0.717, 1.165) is 8.45 Å². The van der Waals surface area contributed by atoms with Crippen LogP contribution in [0.3, 0.4) is 0 Å². The minimum Gasteiger partial charge on any atom is -0.383 e. The first kappa shape index (κ1) is 8.82. The molecule has 0 aliphatic carbocycles. The molecule has 6 heteroatoms. The molecule has 0 fully saturated rings. The van der Waals surface area contributed by atoms with Crippen LogP contribution >= 0.6 is 33.9 Å². The normalized spacial score (nSPS) is 10.2. The van der Waals surface area contributed by atoms with Gasteiger partial charge in [-0.25, -0.2) is 9.97 Å². The van der Waals surface area contributed by atoms with Crippen LogP contribution in [0, 0.1) is 3.57 Å². The Kier molecular flexibility index (Phi) is 2.40. The van der Waals surface area contributed by atoms with Crippen LogP contribution in [0.15, 0.2) is 17.9 Å². The number of hydrogen-bond donors (Lipinski definition) is 1. The Morgan fingerprint density at radius 2 is 2.23 bits per heavy atom. The van der Waals surface area contributed by atoms with Crippen LogP contribution in [0.4, 0.5) is 5.82 Å². The molecule has 2 aromatic rings. The highest BCUT2D eigenvalue weighted by Gasteiger charge is 2.04. The summed E-state index contributed by atoms with van der Waals surface area (Å²) < 4.78 is 0.867. The number of rotatable bonds is 1. The summed E-state index contributed by atoms with van der Waals surface area (Å²) in [6.45, 7) is 0. The highest BCUT2D eigenvalue weighted by Crippen LogP contribution is 2.21. The van der Waals surface area contributed by atoms with Crippen LogP contribution in [0.25, 0.3) is 10.7 Å². The number of nitrogen functional groups attached to an aromatic ring is 1. The van der Waals surface area contributed by atoms with E-state index in [2.05, 4.69) is 37.5 Å². The number of thiazole rings is 1. The van der Waals surface area contributed by atoms with Gasteiger partial charge in [-0.3, -0.25) is 4.98 Å². The van der Waals surface area contributed by atoms with Gasteiger partial charge < -0.3 is 5.73 Å². The highest BCUT2D eigenvalue weighted by molar-refractivity contribution is 14.1. The number of nitrogens with zero attached hydrogens (tertiary/aromatic N) is 3. The third-order valence-electron chi connectivity index (χ3n) is 1.42. The average molecular weight is 304 g/mol. The monoisotopic (exact) mass is 304 g/mol. The SMILES string of the molecule is Nc1nc(-c2cncs2)ncc1I. The summed E-state index contributed by atoms with van der Waals surface area (Å²) in [5, 5.41) is 0. The molecule has 0 spiro atoms. The summed E-state index contributed by atoms with van der Waals surface area (Å²) in [4.78, 5) is 13.2. The van der Waals surface area contributed by atoms with Gasteiger partial charge in [0.2, 0.25) is 0 Å². The third kappa shape index (κ3) is 1.78. The Morgan fingerprint density at radius 3 is 2.85 bits per heavy atom. The van der Waals surface area contributed by atoms with Crippen molar-refractivity contribution >= 4 is 39.7 Å². The Balaban J connectivity index is 2.49. The van der Waals surface area contributed by atoms with Crippen LogP contribution in [-0.2, 0) is 0 Å². The van der Waals surface area contributed by atoms with Crippen LogP contribution in [0.5, 0.6) is 0 Å². The summed E-state index contributed by atoms with van der Waals surface area (Å²) in [7, 11) is 0. The predicted octanol–water partition coefficient (Wildman–Crippen LogP) is 1.79. The van der Waals surface area contributed by atoms with E-state index in [1.54, 1.807) is 17.9 Å². The van der Waals surface area contributed by atoms with Gasteiger partial charge in [-0.05, 0) is 22.6 Å². The van der Waals surface area contributed by atoms with E-state index in [1.807, 2.05) is 0 Å². The van der Waals surface area contributed by atoms with Crippen molar-refractivity contribution in [1.82, 2.24) is 15.0 Å². The molecule has 66 valence electrons. The van der Waals surface area contributed by atoms with Gasteiger partial charge in [0.25, 0.3) is 0 Å². The maximum Gasteiger partial charge on any atom is 0.173 e. The van der Waals surface area contributed by atoms with Gasteiger partial charge in [-0.15, -0.1) is 11.3 Å². The molecular weight excluding hydrogens is 299 g/mol. The van der Waals surface area contributed by atoms with Crippen LogP contribution in [0.2, 0.25) is 0 Å². The molecule has 2 rings (SSSR count). The molecule has 0 saturated heterocycles. The Hall–Kier alpha value is -0.760. The molecule has 0 aromatic carbocycles. The molecule has 0 unspecified atom stereocenters. The zero-order valence-corrected chi connectivity index (χ0v) is 9.41. The lowest BCUT2D eigenvalue weighted by Gasteiger charge is -1.98. The number of hydrogen-bond acceptors (Lipinski definition) is 5. The molecule has 0 bridgehead atoms. The number of nitrogens with two attached hydrogens (primary N) is 1. The molecule has 4 nitrogen and oxygen atoms in total. The minimum absolute atomic E-state index is 0.513. The zero-order chi connectivity index (χ0) is 9.26. The van der Waals surface area contributed by atoms with E-state index < -0.39 is 0 Å². The summed E-state index contributed by atoms with van der Waals surface area (Å²) in [5.41, 5.74) is 7.40. The first-order chi connectivity index (χ1) is 6.27. The van der Waals surface area contributed by atoms with Gasteiger partial charge in [0.05, 0.1) is 14.0 Å². The van der Waals surface area contributed by atoms with Crippen molar-refractivity contribution in [3.63, 3.8) is 0 Å². The van der Waals surface area contributed by atoms with Crippen molar-refractivity contribution in [3.8, 4) is 10.7 Å². The Labute approximate surface area is 92.4 Å². The number of anilines is 1. The Morgan fingerprint density at radius 1 is 1.38 bits per heavy atom. The van der Waals surface area contributed by atoms with Gasteiger partial charge in [-0.1, -0.05) is 0 Å². The van der Waals surface area contributed by atoms with Crippen molar-refractivity contribution in [2.75, 3.05) is 5.73 Å². The van der Waals surface area contributed by atoms with Crippen LogP contribution < -0.4 is 5.73 Å². The lowest BCUT2D eigenvalue weighted by molar-refractivity contribution is 1.17. The fourth-order valence-corrected chi connectivity index (χ4v) is 1.65. The average Bonchev–Trinajstić information content (AvgIpc) is 2.62. The molecule has 0 saturated carbocycles. The van der Waals surface area contributed by atoms with Gasteiger partial charge in [-0.2, -0.15) is 0 Å². The van der Waals surface area contributed by atoms with Crippen molar-refractivity contribution in [1.29, 1.82) is 0 Å². The fourth-order valence-electron chi connectivity index (χ4n) is 0.825. The second kappa shape index (κ2) is 3.54. The predicted molar refractivity (Wildman–Crippen MR) is 60.3 cm³/mol. The maximum absolute atomic E-state index is 5.65. The van der Waals surface area contributed by atoms with Crippen LogP contribution in [-0.4, -0.2) is 15.0 Å². The van der Waals surface area contributed by atoms with Gasteiger partial charge in [0, 0.05) is 12.4 Å². The van der Waals surface area contributed by atoms with E-state index >= 15 is 0 Å². The van der Waals surface area contributed by atoms with E-state index in [-0.39, 0.29) is 0 Å². The van der Waals surface area contributed by atoms with Gasteiger partial charge >= 0.3 is 0 Å². The topological polar surface area (TPSA) is 64.7 Å². The molecule has 2 aromatic heterocycles. The summed E-state index contributed by atoms with van der Waals surface area (Å²) in [6, 6.07) is 0. The second-order valence-electron chi connectivity index (χ2n) is 2.29. The zero-order valence-electron chi connectivity index (χ0n) is 6.44. The van der Waals surface area contributed by atoms with E-state index in [9.17, 15) is 0 Å². The van der Waals surface area contributed by atoms with E-state index in [1.165, 1.54) is 11.3 Å². The molecule has 0 amide bonds. The summed E-state index contributed by atoms with van der Waals surface area (Å²) in [6.07, 6.45) is 3.43. The molecule has 0 radical (unpaired) electrons. The van der Waals surface area contributed by atoms with Crippen molar-refractivity contribution in [2.24, 2.45) is 0 Å². The van der Waals surface area contributed by atoms with Crippen molar-refractivity contribution in [2.45, 2.75) is 0 Å². The first-order valence-electron chi connectivity index (χ1n) is 3.44. The third-order valence-corrected chi connectivity index (χ3v) is 3.02. The quantitative estimate of drug-likeness (QED) is 0.816. The minimum atomic E-state index is 0.513. The fraction of sp³-hybridized carbons (Fsp3) is 0. The Bertz CT molecular complexity index is 414. The maximum atomic E-state index is 5.65. The number of aromatic nitrogens is 3. The van der Waals surface area contributed by atoms with Crippen molar-refractivity contribution in [3.05, 3.63) is 21.5 Å². The lowest BCUT2D eigenvalue weighted by Crippen LogP contribution is -1.97. The van der Waals surface area contributed by atoms with Crippen LogP contribution in [0.1, 0.15) is 0 Å². The van der Waals surface area contributed by atoms with E-state index in [4.69, 9.17) is 5.73 Å². The first-order valence-corrected chi connectivity index (χ1v) is 5.40. The molecule has 2 N–H and O–H groups in total. The lowest BCUT2D eigenvalue weighted by atomic mass is 10.5. The van der Waals surface area contributed by atoms with E-state index in [0.29, 0.717) is 11.6 Å². The summed E-state index contributed by atoms with van der Waals surface area (Å²) >= 11 is 3.59. The number of halogens is 1. The van der Waals surface area contributed by atoms with Gasteiger partial charge in [0.1, 0.15) is 5.82 Å². The smallest absolute Gasteiger partial charge is 0.173 e.